The summed E-state index contributed by atoms with van der Waals surface area (Å²) in [6.07, 6.45) is 2.70. The topological polar surface area (TPSA) is 88.0 Å². The van der Waals surface area contributed by atoms with Crippen molar-refractivity contribution >= 4 is 45.4 Å². The average molecular weight is 357 g/mol. The number of aromatic amines is 1. The first-order valence-corrected chi connectivity index (χ1v) is 6.49. The zero-order chi connectivity index (χ0) is 13.1. The van der Waals surface area contributed by atoms with Crippen molar-refractivity contribution in [1.82, 2.24) is 10.3 Å². The van der Waals surface area contributed by atoms with Crippen LogP contribution in [0.5, 0.6) is 0 Å². The van der Waals surface area contributed by atoms with Crippen molar-refractivity contribution in [2.75, 3.05) is 0 Å². The van der Waals surface area contributed by atoms with E-state index in [1.807, 2.05) is 24.4 Å². The van der Waals surface area contributed by atoms with Crippen LogP contribution < -0.4 is 11.1 Å². The third-order valence-electron chi connectivity index (χ3n) is 2.63. The first kappa shape index (κ1) is 12.9. The SMILES string of the molecule is NC(=O)NC(=O)CCc1c[nH]c2c(I)cccc12. The van der Waals surface area contributed by atoms with Crippen LogP contribution in [0.4, 0.5) is 4.79 Å². The molecule has 1 aromatic carbocycles. The zero-order valence-corrected chi connectivity index (χ0v) is 11.7. The number of nitrogens with one attached hydrogen (secondary N) is 2. The Morgan fingerprint density at radius 2 is 2.17 bits per heavy atom. The minimum atomic E-state index is -0.812. The highest BCUT2D eigenvalue weighted by Crippen LogP contribution is 2.23. The van der Waals surface area contributed by atoms with Crippen molar-refractivity contribution in [2.24, 2.45) is 5.73 Å². The fourth-order valence-corrected chi connectivity index (χ4v) is 2.48. The van der Waals surface area contributed by atoms with Gasteiger partial charge in [-0.2, -0.15) is 0 Å². The van der Waals surface area contributed by atoms with Crippen LogP contribution >= 0.6 is 22.6 Å². The van der Waals surface area contributed by atoms with Crippen LogP contribution in [0.1, 0.15) is 12.0 Å². The molecule has 0 saturated heterocycles. The molecule has 0 aliphatic rings. The summed E-state index contributed by atoms with van der Waals surface area (Å²) in [7, 11) is 0. The summed E-state index contributed by atoms with van der Waals surface area (Å²) in [6.45, 7) is 0. The van der Waals surface area contributed by atoms with Crippen LogP contribution in [0, 0.1) is 3.57 Å². The van der Waals surface area contributed by atoms with Crippen LogP contribution in [-0.2, 0) is 11.2 Å². The summed E-state index contributed by atoms with van der Waals surface area (Å²) in [4.78, 5) is 25.0. The Labute approximate surface area is 117 Å². The molecule has 94 valence electrons. The number of halogens is 1. The molecule has 0 aliphatic heterocycles. The van der Waals surface area contributed by atoms with E-state index < -0.39 is 6.03 Å². The average Bonchev–Trinajstić information content (AvgIpc) is 2.70. The molecular weight excluding hydrogens is 345 g/mol. The fraction of sp³-hybridized carbons (Fsp3) is 0.167. The molecule has 2 aromatic rings. The number of primary amides is 1. The first-order chi connectivity index (χ1) is 8.58. The molecule has 3 amide bonds. The maximum absolute atomic E-state index is 11.3. The number of imide groups is 1. The molecule has 0 fully saturated rings. The number of H-pyrrole nitrogens is 1. The molecule has 0 saturated carbocycles. The van der Waals surface area contributed by atoms with Crippen molar-refractivity contribution in [3.05, 3.63) is 33.5 Å². The molecule has 0 unspecified atom stereocenters. The Hall–Kier alpha value is -1.57. The third-order valence-corrected chi connectivity index (χ3v) is 3.53. The largest absolute Gasteiger partial charge is 0.360 e. The van der Waals surface area contributed by atoms with Crippen LogP contribution in [0.2, 0.25) is 0 Å². The van der Waals surface area contributed by atoms with Gasteiger partial charge in [0.15, 0.2) is 0 Å². The highest BCUT2D eigenvalue weighted by molar-refractivity contribution is 14.1. The predicted octanol–water partition coefficient (Wildman–Crippen LogP) is 1.90. The number of amides is 3. The van der Waals surface area contributed by atoms with Gasteiger partial charge in [0, 0.05) is 21.6 Å². The summed E-state index contributed by atoms with van der Waals surface area (Å²) in [5.41, 5.74) is 7.01. The van der Waals surface area contributed by atoms with Gasteiger partial charge in [-0.15, -0.1) is 0 Å². The molecule has 1 heterocycles. The Bertz CT molecular complexity index is 606. The second kappa shape index (κ2) is 5.38. The Balaban J connectivity index is 2.11. The van der Waals surface area contributed by atoms with Crippen LogP contribution in [0.3, 0.4) is 0 Å². The molecule has 0 aliphatic carbocycles. The first-order valence-electron chi connectivity index (χ1n) is 5.41. The molecule has 0 bridgehead atoms. The Morgan fingerprint density at radius 1 is 1.39 bits per heavy atom. The maximum Gasteiger partial charge on any atom is 0.318 e. The molecule has 0 atom stereocenters. The van der Waals surface area contributed by atoms with E-state index in [0.717, 1.165) is 20.0 Å². The van der Waals surface area contributed by atoms with Gasteiger partial charge in [0.05, 0.1) is 5.52 Å². The number of aromatic nitrogens is 1. The van der Waals surface area contributed by atoms with Crippen molar-refractivity contribution in [1.29, 1.82) is 0 Å². The number of fused-ring (bicyclic) bond motifs is 1. The van der Waals surface area contributed by atoms with Crippen LogP contribution in [0.15, 0.2) is 24.4 Å². The lowest BCUT2D eigenvalue weighted by Crippen LogP contribution is -2.35. The van der Waals surface area contributed by atoms with Crippen LogP contribution in [-0.4, -0.2) is 16.9 Å². The quantitative estimate of drug-likeness (QED) is 0.733. The van der Waals surface area contributed by atoms with Gasteiger partial charge >= 0.3 is 6.03 Å². The number of carbonyl (C=O) groups excluding carboxylic acids is 2. The van der Waals surface area contributed by atoms with Gasteiger partial charge in [-0.3, -0.25) is 10.1 Å². The van der Waals surface area contributed by atoms with Crippen molar-refractivity contribution in [2.45, 2.75) is 12.8 Å². The van der Waals surface area contributed by atoms with Gasteiger partial charge in [-0.05, 0) is 40.6 Å². The molecule has 5 nitrogen and oxygen atoms in total. The number of hydrogen-bond donors (Lipinski definition) is 3. The van der Waals surface area contributed by atoms with Crippen molar-refractivity contribution in [3.8, 4) is 0 Å². The third kappa shape index (κ3) is 2.81. The minimum absolute atomic E-state index is 0.237. The van der Waals surface area contributed by atoms with E-state index in [2.05, 4.69) is 32.9 Å². The second-order valence-corrected chi connectivity index (χ2v) is 5.05. The summed E-state index contributed by atoms with van der Waals surface area (Å²) in [6, 6.07) is 5.19. The van der Waals surface area contributed by atoms with Crippen molar-refractivity contribution < 1.29 is 9.59 Å². The van der Waals surface area contributed by atoms with Crippen LogP contribution in [0.25, 0.3) is 10.9 Å². The van der Waals surface area contributed by atoms with Gasteiger partial charge in [-0.1, -0.05) is 12.1 Å². The predicted molar refractivity (Wildman–Crippen MR) is 77.1 cm³/mol. The smallest absolute Gasteiger partial charge is 0.318 e. The molecule has 1 aromatic heterocycles. The van der Waals surface area contributed by atoms with E-state index in [1.54, 1.807) is 0 Å². The van der Waals surface area contributed by atoms with E-state index in [4.69, 9.17) is 5.73 Å². The van der Waals surface area contributed by atoms with Gasteiger partial charge in [0.25, 0.3) is 0 Å². The summed E-state index contributed by atoms with van der Waals surface area (Å²) < 4.78 is 1.14. The van der Waals surface area contributed by atoms with Gasteiger partial charge in [0.2, 0.25) is 5.91 Å². The molecule has 0 radical (unpaired) electrons. The lowest BCUT2D eigenvalue weighted by molar-refractivity contribution is -0.119. The van der Waals surface area contributed by atoms with Crippen molar-refractivity contribution in [3.63, 3.8) is 0 Å². The molecule has 2 rings (SSSR count). The number of benzene rings is 1. The fourth-order valence-electron chi connectivity index (χ4n) is 1.83. The van der Waals surface area contributed by atoms with Gasteiger partial charge in [0.1, 0.15) is 0 Å². The summed E-state index contributed by atoms with van der Waals surface area (Å²) in [5, 5.41) is 3.16. The lowest BCUT2D eigenvalue weighted by atomic mass is 10.1. The number of hydrogen-bond acceptors (Lipinski definition) is 2. The summed E-state index contributed by atoms with van der Waals surface area (Å²) >= 11 is 2.26. The number of carbonyl (C=O) groups is 2. The van der Waals surface area contributed by atoms with E-state index in [-0.39, 0.29) is 12.3 Å². The van der Waals surface area contributed by atoms with E-state index in [1.165, 1.54) is 0 Å². The number of rotatable bonds is 3. The van der Waals surface area contributed by atoms with E-state index in [9.17, 15) is 9.59 Å². The molecule has 4 N–H and O–H groups in total. The molecule has 6 heteroatoms. The highest BCUT2D eigenvalue weighted by Gasteiger charge is 2.09. The highest BCUT2D eigenvalue weighted by atomic mass is 127. The van der Waals surface area contributed by atoms with E-state index in [0.29, 0.717) is 6.42 Å². The Morgan fingerprint density at radius 3 is 2.89 bits per heavy atom. The number of nitrogens with two attached hydrogens (primary N) is 1. The van der Waals surface area contributed by atoms with Gasteiger partial charge in [-0.25, -0.2) is 4.79 Å². The number of para-hydroxylation sites is 1. The Kier molecular flexibility index (Phi) is 3.85. The number of urea groups is 1. The standard InChI is InChI=1S/C12H12IN3O2/c13-9-3-1-2-8-7(6-15-11(8)9)4-5-10(17)16-12(14)18/h1-3,6,15H,4-5H2,(H3,14,16,17,18). The zero-order valence-electron chi connectivity index (χ0n) is 9.50. The maximum atomic E-state index is 11.3. The second-order valence-electron chi connectivity index (χ2n) is 3.89. The molecule has 18 heavy (non-hydrogen) atoms. The lowest BCUT2D eigenvalue weighted by Gasteiger charge is -2.00. The summed E-state index contributed by atoms with van der Waals surface area (Å²) in [5.74, 6) is -0.359. The monoisotopic (exact) mass is 357 g/mol. The van der Waals surface area contributed by atoms with Gasteiger partial charge < -0.3 is 10.7 Å². The minimum Gasteiger partial charge on any atom is -0.360 e. The molecular formula is C12H12IN3O2. The van der Waals surface area contributed by atoms with E-state index >= 15 is 0 Å². The molecule has 0 spiro atoms. The number of aryl methyl sites for hydroxylation is 1. The normalized spacial score (nSPS) is 10.5.